The summed E-state index contributed by atoms with van der Waals surface area (Å²) in [6.45, 7) is 1.87. The SMILES string of the molecule is Cc1nc(C(N)=O)sc1-c1ccc(-n2cccn2)cc1. The van der Waals surface area contributed by atoms with Gasteiger partial charge in [0.1, 0.15) is 0 Å². The van der Waals surface area contributed by atoms with Crippen molar-refractivity contribution in [1.29, 1.82) is 0 Å². The van der Waals surface area contributed by atoms with Crippen LogP contribution in [0.25, 0.3) is 16.1 Å². The summed E-state index contributed by atoms with van der Waals surface area (Å²) in [5.41, 5.74) is 8.07. The number of carbonyl (C=O) groups excluding carboxylic acids is 1. The topological polar surface area (TPSA) is 73.8 Å². The number of carbonyl (C=O) groups is 1. The molecule has 0 fully saturated rings. The van der Waals surface area contributed by atoms with Gasteiger partial charge in [0.25, 0.3) is 5.91 Å². The number of thiazole rings is 1. The van der Waals surface area contributed by atoms with Gasteiger partial charge in [0.2, 0.25) is 0 Å². The van der Waals surface area contributed by atoms with E-state index in [2.05, 4.69) is 10.1 Å². The molecule has 20 heavy (non-hydrogen) atoms. The van der Waals surface area contributed by atoms with Crippen LogP contribution in [0.4, 0.5) is 0 Å². The average molecular weight is 284 g/mol. The number of hydrogen-bond donors (Lipinski definition) is 1. The maximum atomic E-state index is 11.2. The zero-order valence-electron chi connectivity index (χ0n) is 10.8. The van der Waals surface area contributed by atoms with Crippen LogP contribution in [-0.2, 0) is 0 Å². The molecular formula is C14H12N4OS. The van der Waals surface area contributed by atoms with Crippen molar-refractivity contribution in [2.45, 2.75) is 6.92 Å². The molecule has 0 unspecified atom stereocenters. The fourth-order valence-corrected chi connectivity index (χ4v) is 2.88. The van der Waals surface area contributed by atoms with Crippen LogP contribution in [0.1, 0.15) is 15.5 Å². The Morgan fingerprint density at radius 3 is 2.60 bits per heavy atom. The molecule has 2 N–H and O–H groups in total. The van der Waals surface area contributed by atoms with Gasteiger partial charge >= 0.3 is 0 Å². The van der Waals surface area contributed by atoms with E-state index in [0.717, 1.165) is 21.8 Å². The fraction of sp³-hybridized carbons (Fsp3) is 0.0714. The van der Waals surface area contributed by atoms with Crippen LogP contribution in [0.3, 0.4) is 0 Å². The second-order valence-electron chi connectivity index (χ2n) is 4.30. The largest absolute Gasteiger partial charge is 0.364 e. The Labute approximate surface area is 119 Å². The van der Waals surface area contributed by atoms with Gasteiger partial charge in [-0.2, -0.15) is 5.10 Å². The lowest BCUT2D eigenvalue weighted by Crippen LogP contribution is -2.10. The molecule has 3 rings (SSSR count). The minimum Gasteiger partial charge on any atom is -0.364 e. The van der Waals surface area contributed by atoms with Gasteiger partial charge in [-0.15, -0.1) is 11.3 Å². The number of primary amides is 1. The van der Waals surface area contributed by atoms with Crippen LogP contribution in [0.15, 0.2) is 42.7 Å². The Bertz CT molecular complexity index is 744. The molecule has 2 aromatic heterocycles. The Kier molecular flexibility index (Phi) is 3.08. The molecule has 3 aromatic rings. The summed E-state index contributed by atoms with van der Waals surface area (Å²) in [7, 11) is 0. The van der Waals surface area contributed by atoms with Crippen LogP contribution in [0.5, 0.6) is 0 Å². The molecule has 0 aliphatic rings. The summed E-state index contributed by atoms with van der Waals surface area (Å²) in [5.74, 6) is -0.488. The van der Waals surface area contributed by atoms with Crippen molar-refractivity contribution in [2.24, 2.45) is 5.73 Å². The monoisotopic (exact) mass is 284 g/mol. The lowest BCUT2D eigenvalue weighted by Gasteiger charge is -2.03. The van der Waals surface area contributed by atoms with Crippen molar-refractivity contribution in [1.82, 2.24) is 14.8 Å². The lowest BCUT2D eigenvalue weighted by atomic mass is 10.1. The molecule has 5 nitrogen and oxygen atoms in total. The molecule has 0 aliphatic heterocycles. The number of benzene rings is 1. The molecule has 0 atom stereocenters. The Morgan fingerprint density at radius 2 is 2.05 bits per heavy atom. The van der Waals surface area contributed by atoms with Crippen molar-refractivity contribution in [2.75, 3.05) is 0 Å². The molecule has 1 aromatic carbocycles. The first-order valence-electron chi connectivity index (χ1n) is 6.03. The van der Waals surface area contributed by atoms with E-state index in [0.29, 0.717) is 5.01 Å². The van der Waals surface area contributed by atoms with Crippen LogP contribution >= 0.6 is 11.3 Å². The van der Waals surface area contributed by atoms with Crippen LogP contribution in [0.2, 0.25) is 0 Å². The van der Waals surface area contributed by atoms with E-state index in [1.54, 1.807) is 10.9 Å². The van der Waals surface area contributed by atoms with Gasteiger partial charge in [-0.3, -0.25) is 4.79 Å². The maximum Gasteiger partial charge on any atom is 0.277 e. The average Bonchev–Trinajstić information content (AvgIpc) is 3.08. The van der Waals surface area contributed by atoms with E-state index in [9.17, 15) is 4.79 Å². The highest BCUT2D eigenvalue weighted by atomic mass is 32.1. The first kappa shape index (κ1) is 12.6. The van der Waals surface area contributed by atoms with Gasteiger partial charge in [0, 0.05) is 12.4 Å². The molecule has 6 heteroatoms. The third kappa shape index (κ3) is 2.21. The highest BCUT2D eigenvalue weighted by molar-refractivity contribution is 7.17. The molecule has 0 saturated carbocycles. The van der Waals surface area contributed by atoms with E-state index in [4.69, 9.17) is 5.73 Å². The first-order valence-corrected chi connectivity index (χ1v) is 6.84. The number of rotatable bonds is 3. The Hall–Kier alpha value is -2.47. The highest BCUT2D eigenvalue weighted by Gasteiger charge is 2.13. The lowest BCUT2D eigenvalue weighted by molar-refractivity contribution is 0.1000. The first-order chi connectivity index (χ1) is 9.65. The second kappa shape index (κ2) is 4.90. The molecule has 100 valence electrons. The number of nitrogens with two attached hydrogens (primary N) is 1. The molecule has 1 amide bonds. The van der Waals surface area contributed by atoms with Gasteiger partial charge in [-0.25, -0.2) is 9.67 Å². The summed E-state index contributed by atoms with van der Waals surface area (Å²) in [4.78, 5) is 16.3. The highest BCUT2D eigenvalue weighted by Crippen LogP contribution is 2.30. The van der Waals surface area contributed by atoms with Crippen molar-refractivity contribution in [3.8, 4) is 16.1 Å². The summed E-state index contributed by atoms with van der Waals surface area (Å²) < 4.78 is 1.79. The van der Waals surface area contributed by atoms with E-state index < -0.39 is 5.91 Å². The predicted octanol–water partition coefficient (Wildman–Crippen LogP) is 2.40. The second-order valence-corrected chi connectivity index (χ2v) is 5.29. The number of hydrogen-bond acceptors (Lipinski definition) is 4. The molecule has 2 heterocycles. The number of aryl methyl sites for hydroxylation is 1. The fourth-order valence-electron chi connectivity index (χ4n) is 1.96. The molecule has 0 saturated heterocycles. The van der Waals surface area contributed by atoms with Crippen molar-refractivity contribution in [3.63, 3.8) is 0 Å². The zero-order chi connectivity index (χ0) is 14.1. The Morgan fingerprint density at radius 1 is 1.30 bits per heavy atom. The maximum absolute atomic E-state index is 11.2. The van der Waals surface area contributed by atoms with Gasteiger partial charge in [0.05, 0.1) is 16.3 Å². The zero-order valence-corrected chi connectivity index (χ0v) is 11.6. The van der Waals surface area contributed by atoms with Gasteiger partial charge in [-0.05, 0) is 30.7 Å². The van der Waals surface area contributed by atoms with E-state index in [1.807, 2.05) is 43.5 Å². The van der Waals surface area contributed by atoms with E-state index in [1.165, 1.54) is 11.3 Å². The minimum atomic E-state index is -0.488. The van der Waals surface area contributed by atoms with Crippen LogP contribution in [-0.4, -0.2) is 20.7 Å². The standard InChI is InChI=1S/C14H12N4OS/c1-9-12(20-14(17-9)13(15)19)10-3-5-11(6-4-10)18-8-2-7-16-18/h2-8H,1H3,(H2,15,19). The summed E-state index contributed by atoms with van der Waals surface area (Å²) in [5, 5.41) is 4.52. The summed E-state index contributed by atoms with van der Waals surface area (Å²) >= 11 is 1.32. The summed E-state index contributed by atoms with van der Waals surface area (Å²) in [6, 6.07) is 9.81. The molecule has 0 bridgehead atoms. The van der Waals surface area contributed by atoms with Gasteiger partial charge < -0.3 is 5.73 Å². The third-order valence-electron chi connectivity index (χ3n) is 2.91. The minimum absolute atomic E-state index is 0.341. The van der Waals surface area contributed by atoms with Crippen molar-refractivity contribution < 1.29 is 4.79 Å². The van der Waals surface area contributed by atoms with Gasteiger partial charge in [0.15, 0.2) is 5.01 Å². The number of aromatic nitrogens is 3. The van der Waals surface area contributed by atoms with Crippen LogP contribution in [0, 0.1) is 6.92 Å². The van der Waals surface area contributed by atoms with Gasteiger partial charge in [-0.1, -0.05) is 12.1 Å². The molecule has 0 spiro atoms. The van der Waals surface area contributed by atoms with E-state index in [-0.39, 0.29) is 0 Å². The third-order valence-corrected chi connectivity index (χ3v) is 4.13. The number of nitrogens with zero attached hydrogens (tertiary/aromatic N) is 3. The van der Waals surface area contributed by atoms with E-state index >= 15 is 0 Å². The Balaban J connectivity index is 1.97. The number of amides is 1. The quantitative estimate of drug-likeness (QED) is 0.802. The smallest absolute Gasteiger partial charge is 0.277 e. The normalized spacial score (nSPS) is 10.7. The predicted molar refractivity (Wildman–Crippen MR) is 77.9 cm³/mol. The van der Waals surface area contributed by atoms with Crippen LogP contribution < -0.4 is 5.73 Å². The van der Waals surface area contributed by atoms with Crippen molar-refractivity contribution >= 4 is 17.2 Å². The molecule has 0 aliphatic carbocycles. The molecule has 0 radical (unpaired) electrons. The molecular weight excluding hydrogens is 272 g/mol. The van der Waals surface area contributed by atoms with Crippen molar-refractivity contribution in [3.05, 3.63) is 53.4 Å². The summed E-state index contributed by atoms with van der Waals surface area (Å²) in [6.07, 6.45) is 3.62.